The molecule has 0 aromatic carbocycles. The standard InChI is InChI=1S/C21H19ClF5N5O4/c1-10-5-15-30-17(18(34)29-12-3-2-4-20(23,24)16(12)33)31-32(15)8-14(10)36-19-13(6-11(22)7-28-19)35-9-21(25,26)27/h5-8,12,16,33H,2-4,9H2,1H3,(H,29,34)/t12-,16+/m0/s1. The Labute approximate surface area is 205 Å². The van der Waals surface area contributed by atoms with Gasteiger partial charge in [0.15, 0.2) is 23.8 Å². The first-order valence-electron chi connectivity index (χ1n) is 10.6. The Bertz CT molecular complexity index is 1290. The maximum atomic E-state index is 13.8. The number of aliphatic hydroxyl groups excluding tert-OH is 1. The lowest BCUT2D eigenvalue weighted by Crippen LogP contribution is -2.54. The number of nitrogens with zero attached hydrogens (tertiary/aromatic N) is 4. The summed E-state index contributed by atoms with van der Waals surface area (Å²) >= 11 is 5.81. The van der Waals surface area contributed by atoms with Crippen LogP contribution in [0, 0.1) is 6.92 Å². The molecule has 2 atom stereocenters. The summed E-state index contributed by atoms with van der Waals surface area (Å²) in [5, 5.41) is 16.2. The Morgan fingerprint density at radius 2 is 2.08 bits per heavy atom. The number of amides is 1. The summed E-state index contributed by atoms with van der Waals surface area (Å²) in [6, 6.07) is 1.43. The van der Waals surface area contributed by atoms with Gasteiger partial charge in [0.2, 0.25) is 5.82 Å². The van der Waals surface area contributed by atoms with Gasteiger partial charge in [0, 0.05) is 18.7 Å². The third-order valence-corrected chi connectivity index (χ3v) is 5.58. The first kappa shape index (κ1) is 25.8. The molecule has 3 aromatic rings. The Balaban J connectivity index is 1.55. The Kier molecular flexibility index (Phi) is 6.92. The summed E-state index contributed by atoms with van der Waals surface area (Å²) in [5.74, 6) is -5.05. The highest BCUT2D eigenvalue weighted by atomic mass is 35.5. The molecule has 9 nitrogen and oxygen atoms in total. The summed E-state index contributed by atoms with van der Waals surface area (Å²) in [6.45, 7) is 0.0168. The van der Waals surface area contributed by atoms with Crippen molar-refractivity contribution in [1.82, 2.24) is 24.9 Å². The van der Waals surface area contributed by atoms with Crippen LogP contribution < -0.4 is 14.8 Å². The van der Waals surface area contributed by atoms with E-state index in [9.17, 15) is 31.9 Å². The predicted octanol–water partition coefficient (Wildman–Crippen LogP) is 4.10. The van der Waals surface area contributed by atoms with Gasteiger partial charge in [0.25, 0.3) is 17.7 Å². The van der Waals surface area contributed by atoms with E-state index >= 15 is 0 Å². The first-order valence-corrected chi connectivity index (χ1v) is 11.0. The van der Waals surface area contributed by atoms with E-state index in [1.165, 1.54) is 12.3 Å². The van der Waals surface area contributed by atoms with Gasteiger partial charge >= 0.3 is 6.18 Å². The van der Waals surface area contributed by atoms with E-state index in [1.807, 2.05) is 0 Å². The molecule has 4 rings (SSSR count). The van der Waals surface area contributed by atoms with Crippen LogP contribution in [0.25, 0.3) is 5.65 Å². The van der Waals surface area contributed by atoms with Gasteiger partial charge in [-0.05, 0) is 31.4 Å². The minimum absolute atomic E-state index is 0.0273. The smallest absolute Gasteiger partial charge is 0.422 e. The number of fused-ring (bicyclic) bond motifs is 1. The first-order chi connectivity index (χ1) is 16.8. The molecule has 0 radical (unpaired) electrons. The Morgan fingerprint density at radius 3 is 2.81 bits per heavy atom. The van der Waals surface area contributed by atoms with E-state index in [0.29, 0.717) is 5.56 Å². The molecule has 1 aliphatic carbocycles. The normalized spacial score (nSPS) is 19.8. The molecule has 0 bridgehead atoms. The molecular weight excluding hydrogens is 517 g/mol. The summed E-state index contributed by atoms with van der Waals surface area (Å²) in [5.41, 5.74) is 0.667. The highest BCUT2D eigenvalue weighted by Crippen LogP contribution is 2.35. The number of carbonyl (C=O) groups is 1. The number of halogens is 6. The van der Waals surface area contributed by atoms with E-state index in [0.717, 1.165) is 16.8 Å². The van der Waals surface area contributed by atoms with Crippen molar-refractivity contribution in [2.45, 2.75) is 50.4 Å². The predicted molar refractivity (Wildman–Crippen MR) is 115 cm³/mol. The van der Waals surface area contributed by atoms with E-state index in [1.54, 1.807) is 6.92 Å². The summed E-state index contributed by atoms with van der Waals surface area (Å²) < 4.78 is 76.9. The van der Waals surface area contributed by atoms with Gasteiger partial charge in [-0.3, -0.25) is 4.79 Å². The molecule has 36 heavy (non-hydrogen) atoms. The van der Waals surface area contributed by atoms with Crippen molar-refractivity contribution >= 4 is 23.2 Å². The third-order valence-electron chi connectivity index (χ3n) is 5.37. The maximum absolute atomic E-state index is 13.8. The second-order valence-corrected chi connectivity index (χ2v) is 8.64. The SMILES string of the molecule is Cc1cc2nc(C(=O)N[C@H]3CCCC(F)(F)[C@@H]3O)nn2cc1Oc1ncc(Cl)cc1OCC(F)(F)F. The highest BCUT2D eigenvalue weighted by molar-refractivity contribution is 6.30. The molecule has 1 aliphatic rings. The largest absolute Gasteiger partial charge is 0.478 e. The van der Waals surface area contributed by atoms with Crippen molar-refractivity contribution < 1.29 is 41.3 Å². The van der Waals surface area contributed by atoms with Crippen molar-refractivity contribution in [2.75, 3.05) is 6.61 Å². The third kappa shape index (κ3) is 5.75. The van der Waals surface area contributed by atoms with Gasteiger partial charge in [-0.2, -0.15) is 13.2 Å². The van der Waals surface area contributed by atoms with Crippen molar-refractivity contribution in [3.05, 3.63) is 40.9 Å². The van der Waals surface area contributed by atoms with Crippen molar-refractivity contribution in [2.24, 2.45) is 0 Å². The fraction of sp³-hybridized carbons (Fsp3) is 0.429. The molecule has 194 valence electrons. The van der Waals surface area contributed by atoms with Crippen LogP contribution >= 0.6 is 11.6 Å². The molecule has 1 fully saturated rings. The van der Waals surface area contributed by atoms with Gasteiger partial charge < -0.3 is 19.9 Å². The monoisotopic (exact) mass is 535 g/mol. The number of hydrogen-bond acceptors (Lipinski definition) is 7. The maximum Gasteiger partial charge on any atom is 0.422 e. The van der Waals surface area contributed by atoms with E-state index in [-0.39, 0.29) is 46.7 Å². The van der Waals surface area contributed by atoms with E-state index in [2.05, 4.69) is 20.4 Å². The van der Waals surface area contributed by atoms with Crippen LogP contribution in [0.2, 0.25) is 5.02 Å². The number of pyridine rings is 2. The molecule has 1 amide bonds. The second-order valence-electron chi connectivity index (χ2n) is 8.20. The lowest BCUT2D eigenvalue weighted by molar-refractivity contribution is -0.153. The number of aliphatic hydroxyl groups is 1. The average molecular weight is 536 g/mol. The molecule has 2 N–H and O–H groups in total. The van der Waals surface area contributed by atoms with Gasteiger partial charge in [0.1, 0.15) is 6.10 Å². The number of ether oxygens (including phenoxy) is 2. The Morgan fingerprint density at radius 1 is 1.33 bits per heavy atom. The van der Waals surface area contributed by atoms with Crippen LogP contribution in [0.1, 0.15) is 35.4 Å². The second kappa shape index (κ2) is 9.65. The van der Waals surface area contributed by atoms with Gasteiger partial charge in [-0.25, -0.2) is 23.3 Å². The number of aryl methyl sites for hydroxylation is 1. The molecule has 1 saturated carbocycles. The number of hydrogen-bond donors (Lipinski definition) is 2. The molecule has 3 aromatic heterocycles. The van der Waals surface area contributed by atoms with Crippen molar-refractivity contribution in [3.8, 4) is 17.4 Å². The quantitative estimate of drug-likeness (QED) is 0.457. The molecule has 0 unspecified atom stereocenters. The summed E-state index contributed by atoms with van der Waals surface area (Å²) in [4.78, 5) is 20.5. The van der Waals surface area contributed by atoms with Crippen molar-refractivity contribution in [1.29, 1.82) is 0 Å². The fourth-order valence-corrected chi connectivity index (χ4v) is 3.75. The average Bonchev–Trinajstić information content (AvgIpc) is 3.19. The van der Waals surface area contributed by atoms with Crippen LogP contribution in [0.3, 0.4) is 0 Å². The summed E-state index contributed by atoms with van der Waals surface area (Å²) in [7, 11) is 0. The van der Waals surface area contributed by atoms with E-state index in [4.69, 9.17) is 21.1 Å². The van der Waals surface area contributed by atoms with Crippen molar-refractivity contribution in [3.63, 3.8) is 0 Å². The zero-order chi connectivity index (χ0) is 26.3. The minimum atomic E-state index is -4.60. The molecular formula is C21H19ClF5N5O4. The lowest BCUT2D eigenvalue weighted by Gasteiger charge is -2.34. The minimum Gasteiger partial charge on any atom is -0.478 e. The number of aromatic nitrogens is 4. The van der Waals surface area contributed by atoms with Crippen LogP contribution in [0.5, 0.6) is 17.4 Å². The van der Waals surface area contributed by atoms with Crippen LogP contribution in [0.4, 0.5) is 22.0 Å². The number of nitrogens with one attached hydrogen (secondary N) is 1. The lowest BCUT2D eigenvalue weighted by atomic mass is 9.89. The van der Waals surface area contributed by atoms with Crippen LogP contribution in [-0.2, 0) is 0 Å². The molecule has 3 heterocycles. The van der Waals surface area contributed by atoms with Crippen LogP contribution in [-0.4, -0.2) is 61.4 Å². The zero-order valence-electron chi connectivity index (χ0n) is 18.5. The Hall–Kier alpha value is -3.26. The highest BCUT2D eigenvalue weighted by Gasteiger charge is 2.46. The summed E-state index contributed by atoms with van der Waals surface area (Å²) in [6.07, 6.45) is -4.35. The van der Waals surface area contributed by atoms with Gasteiger partial charge in [-0.15, -0.1) is 5.10 Å². The van der Waals surface area contributed by atoms with Gasteiger partial charge in [0.05, 0.1) is 17.3 Å². The fourth-order valence-electron chi connectivity index (χ4n) is 3.60. The number of rotatable bonds is 6. The molecule has 0 aliphatic heterocycles. The number of alkyl halides is 5. The molecule has 15 heteroatoms. The zero-order valence-corrected chi connectivity index (χ0v) is 19.3. The number of carbonyl (C=O) groups excluding carboxylic acids is 1. The van der Waals surface area contributed by atoms with E-state index < -0.39 is 43.2 Å². The molecule has 0 saturated heterocycles. The topological polar surface area (TPSA) is 111 Å². The molecule has 0 spiro atoms. The van der Waals surface area contributed by atoms with Gasteiger partial charge in [-0.1, -0.05) is 11.6 Å². The van der Waals surface area contributed by atoms with Crippen LogP contribution in [0.15, 0.2) is 24.5 Å².